The fourth-order valence-electron chi connectivity index (χ4n) is 2.84. The molecule has 4 rings (SSSR count). The monoisotopic (exact) mass is 342 g/mol. The van der Waals surface area contributed by atoms with Gasteiger partial charge in [0.1, 0.15) is 17.9 Å². The van der Waals surface area contributed by atoms with Crippen molar-refractivity contribution in [1.29, 1.82) is 0 Å². The highest BCUT2D eigenvalue weighted by Gasteiger charge is 2.05. The Hall–Kier alpha value is -3.47. The largest absolute Gasteiger partial charge is 0.494 e. The summed E-state index contributed by atoms with van der Waals surface area (Å²) in [5.74, 6) is 1.60. The van der Waals surface area contributed by atoms with E-state index in [0.717, 1.165) is 39.3 Å². The van der Waals surface area contributed by atoms with Crippen molar-refractivity contribution in [3.8, 4) is 17.0 Å². The van der Waals surface area contributed by atoms with Gasteiger partial charge in [-0.05, 0) is 43.3 Å². The molecule has 0 saturated heterocycles. The van der Waals surface area contributed by atoms with Crippen LogP contribution in [0.1, 0.15) is 6.92 Å². The van der Waals surface area contributed by atoms with E-state index in [1.54, 1.807) is 12.5 Å². The summed E-state index contributed by atoms with van der Waals surface area (Å²) in [5.41, 5.74) is 2.86. The van der Waals surface area contributed by atoms with Crippen LogP contribution in [0.4, 0.5) is 11.5 Å². The molecule has 0 unspecified atom stereocenters. The molecule has 0 aliphatic carbocycles. The fourth-order valence-corrected chi connectivity index (χ4v) is 2.84. The molecule has 5 heteroatoms. The summed E-state index contributed by atoms with van der Waals surface area (Å²) in [6.45, 7) is 2.63. The van der Waals surface area contributed by atoms with E-state index in [4.69, 9.17) is 4.74 Å². The second-order valence-electron chi connectivity index (χ2n) is 5.77. The van der Waals surface area contributed by atoms with Gasteiger partial charge >= 0.3 is 0 Å². The number of hydrogen-bond acceptors (Lipinski definition) is 5. The van der Waals surface area contributed by atoms with Crippen LogP contribution in [0.25, 0.3) is 22.0 Å². The van der Waals surface area contributed by atoms with Gasteiger partial charge < -0.3 is 10.1 Å². The molecule has 0 amide bonds. The quantitative estimate of drug-likeness (QED) is 0.563. The van der Waals surface area contributed by atoms with Crippen molar-refractivity contribution in [2.45, 2.75) is 6.92 Å². The number of hydrogen-bond donors (Lipinski definition) is 1. The first-order valence-electron chi connectivity index (χ1n) is 8.48. The zero-order valence-corrected chi connectivity index (χ0v) is 14.4. The maximum atomic E-state index is 5.49. The Labute approximate surface area is 151 Å². The average molecular weight is 342 g/mol. The first kappa shape index (κ1) is 16.0. The highest BCUT2D eigenvalue weighted by molar-refractivity contribution is 5.94. The molecule has 1 N–H and O–H groups in total. The predicted molar refractivity (Wildman–Crippen MR) is 104 cm³/mol. The predicted octanol–water partition coefficient (Wildman–Crippen LogP) is 4.83. The Morgan fingerprint density at radius 1 is 1.00 bits per heavy atom. The van der Waals surface area contributed by atoms with Gasteiger partial charge in [0.05, 0.1) is 12.3 Å². The van der Waals surface area contributed by atoms with Crippen molar-refractivity contribution in [3.63, 3.8) is 0 Å². The van der Waals surface area contributed by atoms with E-state index in [2.05, 4.69) is 20.3 Å². The number of aromatic nitrogens is 3. The highest BCUT2D eigenvalue weighted by atomic mass is 16.5. The van der Waals surface area contributed by atoms with Gasteiger partial charge in [-0.15, -0.1) is 0 Å². The van der Waals surface area contributed by atoms with E-state index in [-0.39, 0.29) is 0 Å². The van der Waals surface area contributed by atoms with Crippen molar-refractivity contribution in [2.24, 2.45) is 0 Å². The van der Waals surface area contributed by atoms with E-state index in [0.29, 0.717) is 6.61 Å². The van der Waals surface area contributed by atoms with Crippen LogP contribution in [-0.4, -0.2) is 21.6 Å². The van der Waals surface area contributed by atoms with Crippen molar-refractivity contribution < 1.29 is 4.74 Å². The standard InChI is InChI=1S/C21H18N4O/c1-2-26-17-8-6-15(7-9-17)20-12-21(24-14-23-20)25-19-5-3-4-16-13-22-11-10-18(16)19/h3-14H,2H2,1H3,(H,23,24,25). The van der Waals surface area contributed by atoms with Crippen LogP contribution in [0, 0.1) is 0 Å². The van der Waals surface area contributed by atoms with Crippen LogP contribution in [0.3, 0.4) is 0 Å². The summed E-state index contributed by atoms with van der Waals surface area (Å²) in [6.07, 6.45) is 5.21. The molecule has 0 bridgehead atoms. The molecule has 0 atom stereocenters. The molecule has 0 aliphatic rings. The Morgan fingerprint density at radius 2 is 1.88 bits per heavy atom. The first-order valence-corrected chi connectivity index (χ1v) is 8.48. The molecular formula is C21H18N4O. The van der Waals surface area contributed by atoms with Gasteiger partial charge in [-0.25, -0.2) is 9.97 Å². The van der Waals surface area contributed by atoms with E-state index >= 15 is 0 Å². The van der Waals surface area contributed by atoms with Gasteiger partial charge in [-0.2, -0.15) is 0 Å². The van der Waals surface area contributed by atoms with Crippen LogP contribution < -0.4 is 10.1 Å². The molecule has 0 spiro atoms. The summed E-state index contributed by atoms with van der Waals surface area (Å²) in [6, 6.07) is 17.9. The number of nitrogens with zero attached hydrogens (tertiary/aromatic N) is 3. The summed E-state index contributed by atoms with van der Waals surface area (Å²) < 4.78 is 5.49. The minimum Gasteiger partial charge on any atom is -0.494 e. The van der Waals surface area contributed by atoms with Crippen LogP contribution in [0.5, 0.6) is 5.75 Å². The molecule has 0 fully saturated rings. The number of benzene rings is 2. The number of pyridine rings is 1. The van der Waals surface area contributed by atoms with Gasteiger partial charge in [0.15, 0.2) is 0 Å². The van der Waals surface area contributed by atoms with E-state index in [1.807, 2.05) is 67.7 Å². The number of rotatable bonds is 5. The Balaban J connectivity index is 1.63. The zero-order chi connectivity index (χ0) is 17.8. The molecule has 0 radical (unpaired) electrons. The van der Waals surface area contributed by atoms with Gasteiger partial charge in [-0.3, -0.25) is 4.98 Å². The Morgan fingerprint density at radius 3 is 2.73 bits per heavy atom. The molecule has 26 heavy (non-hydrogen) atoms. The lowest BCUT2D eigenvalue weighted by Gasteiger charge is -2.10. The molecule has 0 saturated carbocycles. The summed E-state index contributed by atoms with van der Waals surface area (Å²) in [5, 5.41) is 5.57. The van der Waals surface area contributed by atoms with Crippen molar-refractivity contribution in [2.75, 3.05) is 11.9 Å². The van der Waals surface area contributed by atoms with E-state index in [1.165, 1.54) is 0 Å². The van der Waals surface area contributed by atoms with Gasteiger partial charge in [0.2, 0.25) is 0 Å². The lowest BCUT2D eigenvalue weighted by atomic mass is 10.1. The minimum absolute atomic E-state index is 0.654. The molecule has 5 nitrogen and oxygen atoms in total. The third-order valence-corrected chi connectivity index (χ3v) is 4.07. The second-order valence-corrected chi connectivity index (χ2v) is 5.77. The Kier molecular flexibility index (Phi) is 4.43. The topological polar surface area (TPSA) is 59.9 Å². The van der Waals surface area contributed by atoms with Gasteiger partial charge in [-0.1, -0.05) is 12.1 Å². The molecule has 128 valence electrons. The fraction of sp³-hybridized carbons (Fsp3) is 0.0952. The minimum atomic E-state index is 0.654. The van der Waals surface area contributed by atoms with Crippen molar-refractivity contribution in [3.05, 3.63) is 73.3 Å². The Bertz CT molecular complexity index is 1030. The second kappa shape index (κ2) is 7.19. The van der Waals surface area contributed by atoms with Crippen LogP contribution >= 0.6 is 0 Å². The molecule has 2 aromatic carbocycles. The number of ether oxygens (including phenoxy) is 1. The molecule has 0 aliphatic heterocycles. The maximum Gasteiger partial charge on any atom is 0.134 e. The first-order chi connectivity index (χ1) is 12.8. The lowest BCUT2D eigenvalue weighted by Crippen LogP contribution is -1.96. The van der Waals surface area contributed by atoms with Gasteiger partial charge in [0, 0.05) is 40.5 Å². The normalized spacial score (nSPS) is 10.7. The lowest BCUT2D eigenvalue weighted by molar-refractivity contribution is 0.340. The molecular weight excluding hydrogens is 324 g/mol. The van der Waals surface area contributed by atoms with Crippen molar-refractivity contribution >= 4 is 22.3 Å². The summed E-state index contributed by atoms with van der Waals surface area (Å²) in [7, 11) is 0. The highest BCUT2D eigenvalue weighted by Crippen LogP contribution is 2.27. The number of anilines is 2. The van der Waals surface area contributed by atoms with Crippen molar-refractivity contribution in [1.82, 2.24) is 15.0 Å². The SMILES string of the molecule is CCOc1ccc(-c2cc(Nc3cccc4cnccc34)ncn2)cc1. The third kappa shape index (κ3) is 3.32. The smallest absolute Gasteiger partial charge is 0.134 e. The average Bonchev–Trinajstić information content (AvgIpc) is 2.69. The van der Waals surface area contributed by atoms with E-state index in [9.17, 15) is 0 Å². The van der Waals surface area contributed by atoms with Crippen LogP contribution in [0.15, 0.2) is 73.3 Å². The number of nitrogens with one attached hydrogen (secondary N) is 1. The third-order valence-electron chi connectivity index (χ3n) is 4.07. The molecule has 2 heterocycles. The molecule has 4 aromatic rings. The van der Waals surface area contributed by atoms with Crippen LogP contribution in [0.2, 0.25) is 0 Å². The maximum absolute atomic E-state index is 5.49. The van der Waals surface area contributed by atoms with Crippen LogP contribution in [-0.2, 0) is 0 Å². The van der Waals surface area contributed by atoms with E-state index < -0.39 is 0 Å². The summed E-state index contributed by atoms with van der Waals surface area (Å²) in [4.78, 5) is 12.9. The number of fused-ring (bicyclic) bond motifs is 1. The summed E-state index contributed by atoms with van der Waals surface area (Å²) >= 11 is 0. The van der Waals surface area contributed by atoms with Gasteiger partial charge in [0.25, 0.3) is 0 Å². The molecule has 2 aromatic heterocycles. The zero-order valence-electron chi connectivity index (χ0n) is 14.4.